The maximum atomic E-state index is 13.7. The van der Waals surface area contributed by atoms with Crippen LogP contribution >= 0.6 is 0 Å². The number of rotatable bonds is 7. The van der Waals surface area contributed by atoms with Gasteiger partial charge in [0.15, 0.2) is 0 Å². The van der Waals surface area contributed by atoms with Gasteiger partial charge in [0, 0.05) is 6.54 Å². The Morgan fingerprint density at radius 1 is 1.15 bits per heavy atom. The van der Waals surface area contributed by atoms with Crippen LogP contribution in [-0.2, 0) is 30.4 Å². The molecule has 34 heavy (non-hydrogen) atoms. The lowest BCUT2D eigenvalue weighted by Crippen LogP contribution is -2.58. The maximum absolute atomic E-state index is 13.7. The van der Waals surface area contributed by atoms with Gasteiger partial charge in [0.05, 0.1) is 7.11 Å². The minimum absolute atomic E-state index is 0.0600. The van der Waals surface area contributed by atoms with Crippen molar-refractivity contribution in [2.45, 2.75) is 78.2 Å². The standard InChI is InChI=1S/C25H36N2O7/c1-7-17(2)20(22(29)32-6)27(24(31)34-25(3,4)5)21(28)19-14-11-15-26(19)23(30)33-16-18-12-9-8-10-13-18/h8-10,12-13,17,19-20H,7,11,14-16H2,1-6H3/t17-,19-,20-/m0/s1. The summed E-state index contributed by atoms with van der Waals surface area (Å²) in [5, 5.41) is 0. The zero-order chi connectivity index (χ0) is 25.5. The summed E-state index contributed by atoms with van der Waals surface area (Å²) in [5.74, 6) is -1.78. The molecule has 1 saturated heterocycles. The Labute approximate surface area is 201 Å². The summed E-state index contributed by atoms with van der Waals surface area (Å²) in [4.78, 5) is 54.5. The lowest BCUT2D eigenvalue weighted by Gasteiger charge is -2.36. The third-order valence-electron chi connectivity index (χ3n) is 5.71. The molecule has 1 aliphatic heterocycles. The van der Waals surface area contributed by atoms with E-state index in [-0.39, 0.29) is 12.5 Å². The Bertz CT molecular complexity index is 866. The van der Waals surface area contributed by atoms with Crippen LogP contribution in [0.5, 0.6) is 0 Å². The van der Waals surface area contributed by atoms with E-state index in [0.717, 1.165) is 10.5 Å². The third kappa shape index (κ3) is 6.95. The SMILES string of the molecule is CC[C@H](C)[C@@H](C(=O)OC)N(C(=O)OC(C)(C)C)C(=O)[C@@H]1CCCN1C(=O)OCc1ccccc1. The van der Waals surface area contributed by atoms with Crippen molar-refractivity contribution in [2.75, 3.05) is 13.7 Å². The minimum atomic E-state index is -1.18. The van der Waals surface area contributed by atoms with Crippen LogP contribution in [0.25, 0.3) is 0 Å². The van der Waals surface area contributed by atoms with Crippen molar-refractivity contribution in [2.24, 2.45) is 5.92 Å². The molecule has 9 nitrogen and oxygen atoms in total. The second-order valence-corrected chi connectivity index (χ2v) is 9.43. The number of carbonyl (C=O) groups excluding carboxylic acids is 4. The molecule has 1 aromatic rings. The summed E-state index contributed by atoms with van der Waals surface area (Å²) < 4.78 is 15.8. The number of methoxy groups -OCH3 is 1. The fraction of sp³-hybridized carbons (Fsp3) is 0.600. The van der Waals surface area contributed by atoms with E-state index in [9.17, 15) is 19.2 Å². The van der Waals surface area contributed by atoms with Crippen molar-refractivity contribution >= 4 is 24.1 Å². The number of esters is 1. The van der Waals surface area contributed by atoms with E-state index in [1.165, 1.54) is 12.0 Å². The van der Waals surface area contributed by atoms with Gasteiger partial charge in [-0.05, 0) is 45.1 Å². The van der Waals surface area contributed by atoms with Crippen LogP contribution in [-0.4, -0.2) is 65.2 Å². The Morgan fingerprint density at radius 3 is 2.35 bits per heavy atom. The van der Waals surface area contributed by atoms with Crippen LogP contribution in [0.15, 0.2) is 30.3 Å². The van der Waals surface area contributed by atoms with Crippen molar-refractivity contribution in [3.63, 3.8) is 0 Å². The maximum Gasteiger partial charge on any atom is 0.417 e. The Balaban J connectivity index is 2.31. The number of imide groups is 1. The van der Waals surface area contributed by atoms with Gasteiger partial charge >= 0.3 is 18.2 Å². The monoisotopic (exact) mass is 476 g/mol. The number of hydrogen-bond acceptors (Lipinski definition) is 7. The molecular formula is C25H36N2O7. The fourth-order valence-electron chi connectivity index (χ4n) is 3.79. The summed E-state index contributed by atoms with van der Waals surface area (Å²) in [6.45, 7) is 8.99. The molecule has 1 aliphatic rings. The fourth-order valence-corrected chi connectivity index (χ4v) is 3.79. The van der Waals surface area contributed by atoms with Gasteiger partial charge in [0.1, 0.15) is 24.3 Å². The Kier molecular flexibility index (Phi) is 9.46. The number of hydrogen-bond donors (Lipinski definition) is 0. The largest absolute Gasteiger partial charge is 0.467 e. The van der Waals surface area contributed by atoms with Crippen LogP contribution in [0.2, 0.25) is 0 Å². The zero-order valence-corrected chi connectivity index (χ0v) is 20.9. The minimum Gasteiger partial charge on any atom is -0.467 e. The number of likely N-dealkylation sites (tertiary alicyclic amines) is 1. The normalized spacial score (nSPS) is 17.5. The zero-order valence-electron chi connectivity index (χ0n) is 20.9. The summed E-state index contributed by atoms with van der Waals surface area (Å²) >= 11 is 0. The predicted octanol–water partition coefficient (Wildman–Crippen LogP) is 4.14. The lowest BCUT2D eigenvalue weighted by molar-refractivity contribution is -0.156. The first kappa shape index (κ1) is 27.1. The molecule has 1 fully saturated rings. The first-order chi connectivity index (χ1) is 16.0. The van der Waals surface area contributed by atoms with Crippen LogP contribution in [0.3, 0.4) is 0 Å². The van der Waals surface area contributed by atoms with Crippen molar-refractivity contribution in [3.8, 4) is 0 Å². The van der Waals surface area contributed by atoms with Gasteiger partial charge in [-0.15, -0.1) is 0 Å². The van der Waals surface area contributed by atoms with Crippen molar-refractivity contribution in [1.29, 1.82) is 0 Å². The van der Waals surface area contributed by atoms with Crippen LogP contribution in [0, 0.1) is 5.92 Å². The lowest BCUT2D eigenvalue weighted by atomic mass is 9.97. The average molecular weight is 477 g/mol. The molecule has 9 heteroatoms. The average Bonchev–Trinajstić information content (AvgIpc) is 3.29. The van der Waals surface area contributed by atoms with Gasteiger partial charge in [-0.2, -0.15) is 0 Å². The molecule has 0 radical (unpaired) electrons. The van der Waals surface area contributed by atoms with Crippen LogP contribution in [0.1, 0.15) is 59.4 Å². The number of ether oxygens (including phenoxy) is 3. The highest BCUT2D eigenvalue weighted by Crippen LogP contribution is 2.26. The quantitative estimate of drug-likeness (QED) is 0.430. The van der Waals surface area contributed by atoms with Gasteiger partial charge in [-0.1, -0.05) is 50.6 Å². The molecule has 0 N–H and O–H groups in total. The molecule has 3 atom stereocenters. The van der Waals surface area contributed by atoms with Crippen LogP contribution in [0.4, 0.5) is 9.59 Å². The summed E-state index contributed by atoms with van der Waals surface area (Å²) in [6, 6.07) is 7.07. The van der Waals surface area contributed by atoms with Crippen LogP contribution < -0.4 is 0 Å². The number of carbonyl (C=O) groups is 4. The predicted molar refractivity (Wildman–Crippen MR) is 125 cm³/mol. The first-order valence-electron chi connectivity index (χ1n) is 11.6. The number of benzene rings is 1. The number of amides is 3. The molecule has 188 valence electrons. The smallest absolute Gasteiger partial charge is 0.417 e. The molecule has 1 heterocycles. The van der Waals surface area contributed by atoms with E-state index in [4.69, 9.17) is 14.2 Å². The van der Waals surface area contributed by atoms with Gasteiger partial charge in [-0.3, -0.25) is 9.69 Å². The number of nitrogens with zero attached hydrogens (tertiary/aromatic N) is 2. The molecule has 2 rings (SSSR count). The van der Waals surface area contributed by atoms with Gasteiger partial charge < -0.3 is 14.2 Å². The molecule has 0 bridgehead atoms. The molecule has 3 amide bonds. The van der Waals surface area contributed by atoms with E-state index in [0.29, 0.717) is 25.8 Å². The highest BCUT2D eigenvalue weighted by molar-refractivity contribution is 6.00. The molecule has 0 aliphatic carbocycles. The van der Waals surface area contributed by atoms with E-state index >= 15 is 0 Å². The van der Waals surface area contributed by atoms with E-state index in [2.05, 4.69) is 0 Å². The summed E-state index contributed by atoms with van der Waals surface area (Å²) in [5.41, 5.74) is -0.0776. The molecular weight excluding hydrogens is 440 g/mol. The molecule has 0 spiro atoms. The molecule has 1 aromatic carbocycles. The Morgan fingerprint density at radius 2 is 1.79 bits per heavy atom. The summed E-state index contributed by atoms with van der Waals surface area (Å²) in [7, 11) is 1.21. The molecule has 0 saturated carbocycles. The molecule has 0 unspecified atom stereocenters. The highest BCUT2D eigenvalue weighted by atomic mass is 16.6. The van der Waals surface area contributed by atoms with E-state index in [1.54, 1.807) is 27.7 Å². The van der Waals surface area contributed by atoms with Crippen molar-refractivity contribution in [3.05, 3.63) is 35.9 Å². The Hall–Kier alpha value is -3.10. The third-order valence-corrected chi connectivity index (χ3v) is 5.71. The van der Waals surface area contributed by atoms with E-state index in [1.807, 2.05) is 37.3 Å². The second kappa shape index (κ2) is 11.9. The summed E-state index contributed by atoms with van der Waals surface area (Å²) in [6.07, 6.45) is -0.183. The van der Waals surface area contributed by atoms with E-state index < -0.39 is 41.7 Å². The van der Waals surface area contributed by atoms with Gasteiger partial charge in [0.25, 0.3) is 5.91 Å². The highest BCUT2D eigenvalue weighted by Gasteiger charge is 2.46. The molecule has 0 aromatic heterocycles. The van der Waals surface area contributed by atoms with Crippen molar-refractivity contribution < 1.29 is 33.4 Å². The topological polar surface area (TPSA) is 102 Å². The first-order valence-corrected chi connectivity index (χ1v) is 11.6. The van der Waals surface area contributed by atoms with Gasteiger partial charge in [0.2, 0.25) is 0 Å². The van der Waals surface area contributed by atoms with Crippen molar-refractivity contribution in [1.82, 2.24) is 9.80 Å². The second-order valence-electron chi connectivity index (χ2n) is 9.43. The van der Waals surface area contributed by atoms with Gasteiger partial charge in [-0.25, -0.2) is 19.3 Å².